The molecule has 0 aliphatic heterocycles. The van der Waals surface area contributed by atoms with E-state index >= 15 is 0 Å². The van der Waals surface area contributed by atoms with Gasteiger partial charge in [-0.15, -0.1) is 11.6 Å². The van der Waals surface area contributed by atoms with Crippen molar-refractivity contribution in [2.45, 2.75) is 24.4 Å². The van der Waals surface area contributed by atoms with Gasteiger partial charge >= 0.3 is 0 Å². The van der Waals surface area contributed by atoms with E-state index in [0.29, 0.717) is 28.8 Å². The van der Waals surface area contributed by atoms with Crippen molar-refractivity contribution in [1.29, 1.82) is 5.26 Å². The molecule has 0 fully saturated rings. The molecule has 0 unspecified atom stereocenters. The number of alkyl halides is 1. The van der Waals surface area contributed by atoms with Gasteiger partial charge in [-0.25, -0.2) is 4.98 Å². The van der Waals surface area contributed by atoms with Crippen molar-refractivity contribution in [3.8, 4) is 23.1 Å². The Hall–Kier alpha value is -1.97. The van der Waals surface area contributed by atoms with Gasteiger partial charge in [0.15, 0.2) is 5.16 Å². The normalized spacial score (nSPS) is 10.3. The van der Waals surface area contributed by atoms with Gasteiger partial charge in [0, 0.05) is 11.1 Å². The minimum atomic E-state index is -0.444. The van der Waals surface area contributed by atoms with E-state index in [1.807, 2.05) is 19.1 Å². The molecule has 1 aromatic heterocycles. The van der Waals surface area contributed by atoms with E-state index in [4.69, 9.17) is 16.3 Å². The highest BCUT2D eigenvalue weighted by atomic mass is 35.5. The number of nitrogens with zero attached hydrogens (tertiary/aromatic N) is 2. The molecule has 0 aliphatic carbocycles. The highest BCUT2D eigenvalue weighted by Gasteiger charge is 2.15. The standard InChI is InChI=1S/C16H16ClN3O2S/c1-3-6-22-13-5-4-10(7-11(13)8-17)14-12(9-18)15(21)20-16(19-14)23-2/h4-5,7H,3,6,8H2,1-2H3,(H,19,20,21). The maximum atomic E-state index is 12.0. The number of hydrogen-bond donors (Lipinski definition) is 1. The Balaban J connectivity index is 2.56. The van der Waals surface area contributed by atoms with Gasteiger partial charge in [0.2, 0.25) is 0 Å². The second kappa shape index (κ2) is 8.04. The molecule has 0 atom stereocenters. The zero-order valence-electron chi connectivity index (χ0n) is 12.9. The van der Waals surface area contributed by atoms with Gasteiger partial charge in [-0.05, 0) is 30.9 Å². The van der Waals surface area contributed by atoms with E-state index in [9.17, 15) is 10.1 Å². The molecule has 1 N–H and O–H groups in total. The zero-order chi connectivity index (χ0) is 16.8. The SMILES string of the molecule is CCCOc1ccc(-c2nc(SC)[nH]c(=O)c2C#N)cc1CCl. The summed E-state index contributed by atoms with van der Waals surface area (Å²) in [5.41, 5.74) is 1.37. The van der Waals surface area contributed by atoms with Crippen LogP contribution >= 0.6 is 23.4 Å². The molecule has 0 amide bonds. The number of halogens is 1. The first kappa shape index (κ1) is 17.4. The van der Waals surface area contributed by atoms with Crippen molar-refractivity contribution in [2.75, 3.05) is 12.9 Å². The largest absolute Gasteiger partial charge is 0.493 e. The fourth-order valence-corrected chi connectivity index (χ4v) is 2.63. The van der Waals surface area contributed by atoms with Crippen LogP contribution in [0, 0.1) is 11.3 Å². The fraction of sp³-hybridized carbons (Fsp3) is 0.312. The molecule has 7 heteroatoms. The quantitative estimate of drug-likeness (QED) is 0.490. The summed E-state index contributed by atoms with van der Waals surface area (Å²) < 4.78 is 5.65. The van der Waals surface area contributed by atoms with Crippen molar-refractivity contribution < 1.29 is 4.74 Å². The van der Waals surface area contributed by atoms with Gasteiger partial charge in [-0.1, -0.05) is 18.7 Å². The second-order valence-electron chi connectivity index (χ2n) is 4.72. The van der Waals surface area contributed by atoms with Gasteiger partial charge in [-0.3, -0.25) is 4.79 Å². The summed E-state index contributed by atoms with van der Waals surface area (Å²) >= 11 is 7.30. The molecule has 0 aliphatic rings. The molecule has 1 aromatic carbocycles. The lowest BCUT2D eigenvalue weighted by Crippen LogP contribution is -2.14. The summed E-state index contributed by atoms with van der Waals surface area (Å²) in [7, 11) is 0. The lowest BCUT2D eigenvalue weighted by Gasteiger charge is -2.11. The van der Waals surface area contributed by atoms with Crippen LogP contribution in [0.2, 0.25) is 0 Å². The molecule has 0 radical (unpaired) electrons. The molecular formula is C16H16ClN3O2S. The second-order valence-corrected chi connectivity index (χ2v) is 5.78. The molecular weight excluding hydrogens is 334 g/mol. The van der Waals surface area contributed by atoms with E-state index in [-0.39, 0.29) is 11.4 Å². The molecule has 0 bridgehead atoms. The van der Waals surface area contributed by atoms with E-state index in [0.717, 1.165) is 12.0 Å². The smallest absolute Gasteiger partial charge is 0.270 e. The third-order valence-corrected chi connectivity index (χ3v) is 4.01. The van der Waals surface area contributed by atoms with Gasteiger partial charge in [0.05, 0.1) is 18.2 Å². The maximum Gasteiger partial charge on any atom is 0.270 e. The van der Waals surface area contributed by atoms with Gasteiger partial charge in [0.1, 0.15) is 17.4 Å². The number of nitriles is 1. The number of ether oxygens (including phenoxy) is 1. The van der Waals surface area contributed by atoms with Gasteiger partial charge in [-0.2, -0.15) is 5.26 Å². The Morgan fingerprint density at radius 3 is 2.87 bits per heavy atom. The zero-order valence-corrected chi connectivity index (χ0v) is 14.4. The number of nitrogens with one attached hydrogen (secondary N) is 1. The predicted octanol–water partition coefficient (Wildman–Crippen LogP) is 3.56. The Morgan fingerprint density at radius 1 is 1.48 bits per heavy atom. The molecule has 0 spiro atoms. The van der Waals surface area contributed by atoms with Gasteiger partial charge in [0.25, 0.3) is 5.56 Å². The van der Waals surface area contributed by atoms with E-state index < -0.39 is 5.56 Å². The van der Waals surface area contributed by atoms with Crippen LogP contribution in [0.3, 0.4) is 0 Å². The molecule has 23 heavy (non-hydrogen) atoms. The fourth-order valence-electron chi connectivity index (χ4n) is 2.05. The topological polar surface area (TPSA) is 78.8 Å². The number of hydrogen-bond acceptors (Lipinski definition) is 5. The Labute approximate surface area is 143 Å². The highest BCUT2D eigenvalue weighted by Crippen LogP contribution is 2.28. The van der Waals surface area contributed by atoms with Crippen LogP contribution in [0.1, 0.15) is 24.5 Å². The number of rotatable bonds is 6. The van der Waals surface area contributed by atoms with Crippen LogP contribution < -0.4 is 10.3 Å². The van der Waals surface area contributed by atoms with Crippen LogP contribution in [-0.2, 0) is 5.88 Å². The monoisotopic (exact) mass is 349 g/mol. The summed E-state index contributed by atoms with van der Waals surface area (Å²) in [6.45, 7) is 2.63. The number of thioether (sulfide) groups is 1. The average Bonchev–Trinajstić information content (AvgIpc) is 2.58. The number of benzene rings is 1. The average molecular weight is 350 g/mol. The summed E-state index contributed by atoms with van der Waals surface area (Å²) in [6, 6.07) is 7.31. The lowest BCUT2D eigenvalue weighted by atomic mass is 10.0. The van der Waals surface area contributed by atoms with Crippen molar-refractivity contribution in [1.82, 2.24) is 9.97 Å². The summed E-state index contributed by atoms with van der Waals surface area (Å²) in [4.78, 5) is 18.9. The van der Waals surface area contributed by atoms with Crippen molar-refractivity contribution in [2.24, 2.45) is 0 Å². The third-order valence-electron chi connectivity index (χ3n) is 3.14. The minimum absolute atomic E-state index is 0.00875. The first-order valence-corrected chi connectivity index (χ1v) is 8.81. The first-order chi connectivity index (χ1) is 11.1. The highest BCUT2D eigenvalue weighted by molar-refractivity contribution is 7.98. The molecule has 2 aromatic rings. The van der Waals surface area contributed by atoms with E-state index in [1.165, 1.54) is 11.8 Å². The Bertz CT molecular complexity index is 799. The van der Waals surface area contributed by atoms with Crippen LogP contribution in [-0.4, -0.2) is 22.8 Å². The van der Waals surface area contributed by atoms with Crippen LogP contribution in [0.25, 0.3) is 11.3 Å². The molecule has 1 heterocycles. The van der Waals surface area contributed by atoms with E-state index in [1.54, 1.807) is 18.4 Å². The van der Waals surface area contributed by atoms with Crippen LogP contribution in [0.4, 0.5) is 0 Å². The van der Waals surface area contributed by atoms with E-state index in [2.05, 4.69) is 9.97 Å². The summed E-state index contributed by atoms with van der Waals surface area (Å²) in [5.74, 6) is 0.979. The van der Waals surface area contributed by atoms with Crippen molar-refractivity contribution in [3.63, 3.8) is 0 Å². The number of aromatic nitrogens is 2. The predicted molar refractivity (Wildman–Crippen MR) is 92.1 cm³/mol. The Kier molecular flexibility index (Phi) is 6.08. The minimum Gasteiger partial charge on any atom is -0.493 e. The van der Waals surface area contributed by atoms with Crippen LogP contribution in [0.5, 0.6) is 5.75 Å². The molecule has 120 valence electrons. The lowest BCUT2D eigenvalue weighted by molar-refractivity contribution is 0.315. The van der Waals surface area contributed by atoms with Gasteiger partial charge < -0.3 is 9.72 Å². The summed E-state index contributed by atoms with van der Waals surface area (Å²) in [6.07, 6.45) is 2.70. The number of aromatic amines is 1. The van der Waals surface area contributed by atoms with Crippen molar-refractivity contribution >= 4 is 23.4 Å². The number of H-pyrrole nitrogens is 1. The van der Waals surface area contributed by atoms with Crippen molar-refractivity contribution in [3.05, 3.63) is 39.7 Å². The third kappa shape index (κ3) is 3.87. The maximum absolute atomic E-state index is 12.0. The first-order valence-electron chi connectivity index (χ1n) is 7.05. The summed E-state index contributed by atoms with van der Waals surface area (Å²) in [5, 5.41) is 9.71. The van der Waals surface area contributed by atoms with Crippen LogP contribution in [0.15, 0.2) is 28.2 Å². The molecule has 5 nitrogen and oxygen atoms in total. The Morgan fingerprint density at radius 2 is 2.26 bits per heavy atom. The molecule has 2 rings (SSSR count). The molecule has 0 saturated heterocycles. The molecule has 0 saturated carbocycles.